The van der Waals surface area contributed by atoms with Crippen molar-refractivity contribution >= 4 is 21.9 Å². The number of ether oxygens (including phenoxy) is 3. The average Bonchev–Trinajstić information content (AvgIpc) is 3.15. The van der Waals surface area contributed by atoms with Crippen LogP contribution in [0.25, 0.3) is 11.3 Å². The highest BCUT2D eigenvalue weighted by atomic mass is 79.9. The second-order valence-electron chi connectivity index (χ2n) is 5.33. The van der Waals surface area contributed by atoms with Crippen LogP contribution >= 0.6 is 15.9 Å². The number of hydrogen-bond acceptors (Lipinski definition) is 6. The topological polar surface area (TPSA) is 70.8 Å². The summed E-state index contributed by atoms with van der Waals surface area (Å²) in [7, 11) is 2.96. The van der Waals surface area contributed by atoms with Crippen molar-refractivity contribution in [2.45, 2.75) is 6.61 Å². The van der Waals surface area contributed by atoms with Gasteiger partial charge in [0.2, 0.25) is 0 Å². The summed E-state index contributed by atoms with van der Waals surface area (Å²) in [5.41, 5.74) is 2.07. The van der Waals surface area contributed by atoms with Crippen LogP contribution in [0.5, 0.6) is 11.5 Å². The van der Waals surface area contributed by atoms with Gasteiger partial charge in [0.05, 0.1) is 24.3 Å². The van der Waals surface area contributed by atoms with Gasteiger partial charge in [-0.2, -0.15) is 0 Å². The molecule has 0 aliphatic carbocycles. The van der Waals surface area contributed by atoms with Gasteiger partial charge in [0.15, 0.2) is 5.76 Å². The van der Waals surface area contributed by atoms with Crippen molar-refractivity contribution in [3.63, 3.8) is 0 Å². The molecule has 0 N–H and O–H groups in total. The molecule has 0 spiro atoms. The molecular weight excluding hydrogens is 402 g/mol. The molecule has 134 valence electrons. The van der Waals surface area contributed by atoms with Crippen LogP contribution in [-0.2, 0) is 11.3 Å². The lowest BCUT2D eigenvalue weighted by atomic mass is 10.1. The van der Waals surface area contributed by atoms with Gasteiger partial charge in [-0.1, -0.05) is 5.16 Å². The molecule has 1 aromatic heterocycles. The first-order valence-corrected chi connectivity index (χ1v) is 8.50. The molecule has 0 bridgehead atoms. The third-order valence-corrected chi connectivity index (χ3v) is 4.29. The molecule has 26 heavy (non-hydrogen) atoms. The Morgan fingerprint density at radius 1 is 1.12 bits per heavy atom. The van der Waals surface area contributed by atoms with E-state index in [9.17, 15) is 4.79 Å². The van der Waals surface area contributed by atoms with E-state index in [0.717, 1.165) is 11.3 Å². The third-order valence-electron chi connectivity index (χ3n) is 3.67. The first kappa shape index (κ1) is 18.0. The standard InChI is InChI=1S/C19H16BrNO5/c1-23-14-6-3-12(4-7-14)17-10-15(26-21-17)11-25-18-8-5-13(9-16(18)20)19(22)24-2/h3-10H,11H2,1-2H3. The van der Waals surface area contributed by atoms with Gasteiger partial charge in [-0.05, 0) is 58.4 Å². The van der Waals surface area contributed by atoms with E-state index in [2.05, 4.69) is 25.8 Å². The molecule has 0 saturated carbocycles. The van der Waals surface area contributed by atoms with Crippen molar-refractivity contribution in [2.75, 3.05) is 14.2 Å². The van der Waals surface area contributed by atoms with Crippen LogP contribution in [0.1, 0.15) is 16.1 Å². The van der Waals surface area contributed by atoms with Crippen LogP contribution < -0.4 is 9.47 Å². The van der Waals surface area contributed by atoms with Crippen LogP contribution in [0.3, 0.4) is 0 Å². The van der Waals surface area contributed by atoms with Crippen LogP contribution in [-0.4, -0.2) is 25.3 Å². The van der Waals surface area contributed by atoms with Gasteiger partial charge in [-0.3, -0.25) is 0 Å². The fourth-order valence-corrected chi connectivity index (χ4v) is 2.78. The minimum absolute atomic E-state index is 0.208. The molecule has 0 amide bonds. The number of aromatic nitrogens is 1. The largest absolute Gasteiger partial charge is 0.497 e. The van der Waals surface area contributed by atoms with Gasteiger partial charge < -0.3 is 18.7 Å². The fourth-order valence-electron chi connectivity index (χ4n) is 2.29. The van der Waals surface area contributed by atoms with Crippen molar-refractivity contribution in [3.05, 3.63) is 64.3 Å². The zero-order valence-electron chi connectivity index (χ0n) is 14.2. The van der Waals surface area contributed by atoms with E-state index in [4.69, 9.17) is 14.0 Å². The summed E-state index contributed by atoms with van der Waals surface area (Å²) < 4.78 is 21.5. The Morgan fingerprint density at radius 2 is 1.88 bits per heavy atom. The molecular formula is C19H16BrNO5. The second kappa shape index (κ2) is 8.05. The molecule has 1 heterocycles. The number of carbonyl (C=O) groups is 1. The second-order valence-corrected chi connectivity index (χ2v) is 6.19. The molecule has 0 aliphatic rings. The highest BCUT2D eigenvalue weighted by Crippen LogP contribution is 2.28. The van der Waals surface area contributed by atoms with E-state index in [1.165, 1.54) is 7.11 Å². The van der Waals surface area contributed by atoms with E-state index in [0.29, 0.717) is 27.2 Å². The number of benzene rings is 2. The number of nitrogens with zero attached hydrogens (tertiary/aromatic N) is 1. The van der Waals surface area contributed by atoms with Crippen molar-refractivity contribution in [1.29, 1.82) is 0 Å². The van der Waals surface area contributed by atoms with Gasteiger partial charge >= 0.3 is 5.97 Å². The Hall–Kier alpha value is -2.80. The number of carbonyl (C=O) groups excluding carboxylic acids is 1. The smallest absolute Gasteiger partial charge is 0.337 e. The number of hydrogen-bond donors (Lipinski definition) is 0. The SMILES string of the molecule is COC(=O)c1ccc(OCc2cc(-c3ccc(OC)cc3)no2)c(Br)c1. The molecule has 7 heteroatoms. The first-order valence-electron chi connectivity index (χ1n) is 7.71. The Morgan fingerprint density at radius 3 is 2.54 bits per heavy atom. The van der Waals surface area contributed by atoms with Crippen LogP contribution in [0, 0.1) is 0 Å². The van der Waals surface area contributed by atoms with Gasteiger partial charge in [0.1, 0.15) is 23.8 Å². The maximum absolute atomic E-state index is 11.5. The van der Waals surface area contributed by atoms with Gasteiger partial charge in [0, 0.05) is 11.6 Å². The van der Waals surface area contributed by atoms with E-state index in [-0.39, 0.29) is 6.61 Å². The molecule has 2 aromatic carbocycles. The quantitative estimate of drug-likeness (QED) is 0.550. The summed E-state index contributed by atoms with van der Waals surface area (Å²) in [4.78, 5) is 11.5. The Balaban J connectivity index is 1.67. The van der Waals surface area contributed by atoms with Crippen LogP contribution in [0.4, 0.5) is 0 Å². The monoisotopic (exact) mass is 417 g/mol. The molecule has 3 aromatic rings. The van der Waals surface area contributed by atoms with E-state index < -0.39 is 5.97 Å². The first-order chi connectivity index (χ1) is 12.6. The van der Waals surface area contributed by atoms with E-state index >= 15 is 0 Å². The third kappa shape index (κ3) is 4.05. The molecule has 6 nitrogen and oxygen atoms in total. The maximum atomic E-state index is 11.5. The van der Waals surface area contributed by atoms with Gasteiger partial charge in [-0.15, -0.1) is 0 Å². The average molecular weight is 418 g/mol. The number of halogens is 1. The summed E-state index contributed by atoms with van der Waals surface area (Å²) in [6.45, 7) is 0.208. The van der Waals surface area contributed by atoms with Crippen molar-refractivity contribution < 1.29 is 23.5 Å². The summed E-state index contributed by atoms with van der Waals surface area (Å²) in [5.74, 6) is 1.54. The fraction of sp³-hybridized carbons (Fsp3) is 0.158. The Bertz CT molecular complexity index is 905. The van der Waals surface area contributed by atoms with Crippen molar-refractivity contribution in [3.8, 4) is 22.8 Å². The number of esters is 1. The summed E-state index contributed by atoms with van der Waals surface area (Å²) in [5, 5.41) is 4.06. The van der Waals surface area contributed by atoms with Gasteiger partial charge in [0.25, 0.3) is 0 Å². The molecule has 0 fully saturated rings. The predicted molar refractivity (Wildman–Crippen MR) is 98.3 cm³/mol. The number of rotatable bonds is 6. The molecule has 0 atom stereocenters. The number of methoxy groups -OCH3 is 2. The Kier molecular flexibility index (Phi) is 5.58. The molecule has 0 saturated heterocycles. The van der Waals surface area contributed by atoms with Crippen LogP contribution in [0.2, 0.25) is 0 Å². The van der Waals surface area contributed by atoms with Crippen molar-refractivity contribution in [2.24, 2.45) is 0 Å². The van der Waals surface area contributed by atoms with Crippen molar-refractivity contribution in [1.82, 2.24) is 5.16 Å². The molecule has 0 unspecified atom stereocenters. The highest BCUT2D eigenvalue weighted by Gasteiger charge is 2.11. The van der Waals surface area contributed by atoms with Crippen LogP contribution in [0.15, 0.2) is 57.5 Å². The lowest BCUT2D eigenvalue weighted by Gasteiger charge is -2.07. The lowest BCUT2D eigenvalue weighted by molar-refractivity contribution is 0.0600. The zero-order chi connectivity index (χ0) is 18.5. The lowest BCUT2D eigenvalue weighted by Crippen LogP contribution is -2.02. The van der Waals surface area contributed by atoms with E-state index in [1.807, 2.05) is 30.3 Å². The Labute approximate surface area is 158 Å². The summed E-state index contributed by atoms with van der Waals surface area (Å²) in [6.07, 6.45) is 0. The van der Waals surface area contributed by atoms with Gasteiger partial charge in [-0.25, -0.2) is 4.79 Å². The molecule has 3 rings (SSSR count). The minimum atomic E-state index is -0.406. The predicted octanol–water partition coefficient (Wildman–Crippen LogP) is 4.48. The van der Waals surface area contributed by atoms with E-state index in [1.54, 1.807) is 25.3 Å². The molecule has 0 radical (unpaired) electrons. The summed E-state index contributed by atoms with van der Waals surface area (Å²) >= 11 is 3.38. The maximum Gasteiger partial charge on any atom is 0.337 e. The normalized spacial score (nSPS) is 10.4. The highest BCUT2D eigenvalue weighted by molar-refractivity contribution is 9.10. The zero-order valence-corrected chi connectivity index (χ0v) is 15.8. The summed E-state index contributed by atoms with van der Waals surface area (Å²) in [6, 6.07) is 14.3. The minimum Gasteiger partial charge on any atom is -0.497 e. The molecule has 0 aliphatic heterocycles.